The van der Waals surface area contributed by atoms with Crippen molar-refractivity contribution >= 4 is 0 Å². The predicted octanol–water partition coefficient (Wildman–Crippen LogP) is 1.67. The quantitative estimate of drug-likeness (QED) is 0.870. The molecule has 0 fully saturated rings. The second-order valence-electron chi connectivity index (χ2n) is 4.67. The lowest BCUT2D eigenvalue weighted by Gasteiger charge is -2.17. The first-order valence-corrected chi connectivity index (χ1v) is 6.24. The number of nitrogens with zero attached hydrogens (tertiary/aromatic N) is 3. The Kier molecular flexibility index (Phi) is 4.10. The van der Waals surface area contributed by atoms with Crippen molar-refractivity contribution in [3.8, 4) is 0 Å². The normalized spacial score (nSPS) is 12.6. The number of aryl methyl sites for hydroxylation is 2. The highest BCUT2D eigenvalue weighted by atomic mass is 15.3. The van der Waals surface area contributed by atoms with Crippen LogP contribution in [-0.4, -0.2) is 28.4 Å². The number of hydrogen-bond acceptors (Lipinski definition) is 3. The maximum atomic E-state index is 4.31. The SMILES string of the molecule is CNCC(Cc1ncnn1C)c1cccc(C)c1. The summed E-state index contributed by atoms with van der Waals surface area (Å²) >= 11 is 0. The minimum absolute atomic E-state index is 0.429. The summed E-state index contributed by atoms with van der Waals surface area (Å²) in [5.74, 6) is 1.45. The molecule has 4 heteroatoms. The first kappa shape index (κ1) is 12.8. The van der Waals surface area contributed by atoms with Gasteiger partial charge in [-0.1, -0.05) is 29.8 Å². The summed E-state index contributed by atoms with van der Waals surface area (Å²) in [6.45, 7) is 3.07. The molecular formula is C14H20N4. The van der Waals surface area contributed by atoms with Crippen LogP contribution in [0, 0.1) is 6.92 Å². The molecule has 2 aromatic rings. The monoisotopic (exact) mass is 244 g/mol. The van der Waals surface area contributed by atoms with Crippen LogP contribution in [0.1, 0.15) is 22.9 Å². The second kappa shape index (κ2) is 5.78. The zero-order chi connectivity index (χ0) is 13.0. The Morgan fingerprint density at radius 2 is 2.22 bits per heavy atom. The number of rotatable bonds is 5. The van der Waals surface area contributed by atoms with E-state index in [2.05, 4.69) is 46.6 Å². The second-order valence-corrected chi connectivity index (χ2v) is 4.67. The average molecular weight is 244 g/mol. The fraction of sp³-hybridized carbons (Fsp3) is 0.429. The maximum Gasteiger partial charge on any atom is 0.138 e. The van der Waals surface area contributed by atoms with E-state index in [1.165, 1.54) is 11.1 Å². The van der Waals surface area contributed by atoms with E-state index in [4.69, 9.17) is 0 Å². The molecule has 0 amide bonds. The van der Waals surface area contributed by atoms with E-state index < -0.39 is 0 Å². The summed E-state index contributed by atoms with van der Waals surface area (Å²) in [4.78, 5) is 4.31. The Balaban J connectivity index is 2.20. The Labute approximate surface area is 108 Å². The Morgan fingerprint density at radius 1 is 1.39 bits per heavy atom. The van der Waals surface area contributed by atoms with Crippen molar-refractivity contribution in [3.63, 3.8) is 0 Å². The van der Waals surface area contributed by atoms with Crippen molar-refractivity contribution in [2.24, 2.45) is 7.05 Å². The molecule has 0 radical (unpaired) electrons. The molecule has 0 aliphatic rings. The third kappa shape index (κ3) is 2.96. The maximum absolute atomic E-state index is 4.31. The summed E-state index contributed by atoms with van der Waals surface area (Å²) in [5, 5.41) is 7.39. The molecule has 18 heavy (non-hydrogen) atoms. The van der Waals surface area contributed by atoms with Gasteiger partial charge in [-0.25, -0.2) is 4.98 Å². The van der Waals surface area contributed by atoms with Gasteiger partial charge >= 0.3 is 0 Å². The van der Waals surface area contributed by atoms with E-state index in [9.17, 15) is 0 Å². The minimum Gasteiger partial charge on any atom is -0.319 e. The molecule has 1 N–H and O–H groups in total. The van der Waals surface area contributed by atoms with Crippen LogP contribution in [0.5, 0.6) is 0 Å². The molecule has 0 aliphatic heterocycles. The van der Waals surface area contributed by atoms with Crippen LogP contribution in [0.25, 0.3) is 0 Å². The molecule has 1 atom stereocenters. The molecule has 0 spiro atoms. The van der Waals surface area contributed by atoms with Crippen LogP contribution in [0.4, 0.5) is 0 Å². The van der Waals surface area contributed by atoms with Crippen LogP contribution < -0.4 is 5.32 Å². The number of aromatic nitrogens is 3. The molecule has 0 saturated heterocycles. The highest BCUT2D eigenvalue weighted by Crippen LogP contribution is 2.20. The van der Waals surface area contributed by atoms with Crippen LogP contribution >= 0.6 is 0 Å². The summed E-state index contributed by atoms with van der Waals surface area (Å²) < 4.78 is 1.85. The van der Waals surface area contributed by atoms with Crippen molar-refractivity contribution in [3.05, 3.63) is 47.5 Å². The van der Waals surface area contributed by atoms with Crippen LogP contribution in [-0.2, 0) is 13.5 Å². The summed E-state index contributed by atoms with van der Waals surface area (Å²) in [6.07, 6.45) is 2.52. The molecule has 0 bridgehead atoms. The standard InChI is InChI=1S/C14H20N4/c1-11-5-4-6-12(7-11)13(9-15-2)8-14-16-10-17-18(14)3/h4-7,10,13,15H,8-9H2,1-3H3. The fourth-order valence-corrected chi connectivity index (χ4v) is 2.20. The summed E-state index contributed by atoms with van der Waals surface area (Å²) in [6, 6.07) is 8.68. The van der Waals surface area contributed by atoms with Gasteiger partial charge in [-0.05, 0) is 19.5 Å². The van der Waals surface area contributed by atoms with Crippen LogP contribution in [0.15, 0.2) is 30.6 Å². The van der Waals surface area contributed by atoms with Crippen molar-refractivity contribution in [2.45, 2.75) is 19.3 Å². The summed E-state index contributed by atoms with van der Waals surface area (Å²) in [7, 11) is 3.93. The van der Waals surface area contributed by atoms with Gasteiger partial charge in [0.1, 0.15) is 12.2 Å². The van der Waals surface area contributed by atoms with E-state index in [0.717, 1.165) is 18.8 Å². The third-order valence-electron chi connectivity index (χ3n) is 3.20. The van der Waals surface area contributed by atoms with Crippen molar-refractivity contribution < 1.29 is 0 Å². The van der Waals surface area contributed by atoms with Gasteiger partial charge in [-0.15, -0.1) is 0 Å². The van der Waals surface area contributed by atoms with Gasteiger partial charge in [-0.2, -0.15) is 5.10 Å². The van der Waals surface area contributed by atoms with Crippen LogP contribution in [0.2, 0.25) is 0 Å². The molecule has 0 aliphatic carbocycles. The molecule has 1 aromatic carbocycles. The zero-order valence-corrected chi connectivity index (χ0v) is 11.2. The zero-order valence-electron chi connectivity index (χ0n) is 11.2. The Hall–Kier alpha value is -1.68. The van der Waals surface area contributed by atoms with Crippen molar-refractivity contribution in [1.29, 1.82) is 0 Å². The minimum atomic E-state index is 0.429. The highest BCUT2D eigenvalue weighted by molar-refractivity contribution is 5.26. The van der Waals surface area contributed by atoms with Gasteiger partial charge in [-0.3, -0.25) is 4.68 Å². The van der Waals surface area contributed by atoms with Gasteiger partial charge in [0.25, 0.3) is 0 Å². The lowest BCUT2D eigenvalue weighted by Crippen LogP contribution is -2.20. The van der Waals surface area contributed by atoms with Gasteiger partial charge < -0.3 is 5.32 Å². The lowest BCUT2D eigenvalue weighted by molar-refractivity contribution is 0.582. The number of likely N-dealkylation sites (N-methyl/N-ethyl adjacent to an activating group) is 1. The van der Waals surface area contributed by atoms with Gasteiger partial charge in [0, 0.05) is 25.9 Å². The Bertz CT molecular complexity index is 504. The van der Waals surface area contributed by atoms with E-state index in [0.29, 0.717) is 5.92 Å². The van der Waals surface area contributed by atoms with Crippen LogP contribution in [0.3, 0.4) is 0 Å². The van der Waals surface area contributed by atoms with E-state index >= 15 is 0 Å². The summed E-state index contributed by atoms with van der Waals surface area (Å²) in [5.41, 5.74) is 2.65. The largest absolute Gasteiger partial charge is 0.319 e. The fourth-order valence-electron chi connectivity index (χ4n) is 2.20. The molecule has 0 saturated carbocycles. The van der Waals surface area contributed by atoms with Gasteiger partial charge in [0.2, 0.25) is 0 Å². The molecule has 1 aromatic heterocycles. The number of hydrogen-bond donors (Lipinski definition) is 1. The highest BCUT2D eigenvalue weighted by Gasteiger charge is 2.14. The average Bonchev–Trinajstić information content (AvgIpc) is 2.74. The molecule has 4 nitrogen and oxygen atoms in total. The predicted molar refractivity (Wildman–Crippen MR) is 72.6 cm³/mol. The first-order valence-electron chi connectivity index (χ1n) is 6.24. The van der Waals surface area contributed by atoms with E-state index in [-0.39, 0.29) is 0 Å². The topological polar surface area (TPSA) is 42.7 Å². The van der Waals surface area contributed by atoms with E-state index in [1.54, 1.807) is 6.33 Å². The third-order valence-corrected chi connectivity index (χ3v) is 3.20. The van der Waals surface area contributed by atoms with Gasteiger partial charge in [0.15, 0.2) is 0 Å². The van der Waals surface area contributed by atoms with E-state index in [1.807, 2.05) is 18.8 Å². The molecule has 1 unspecified atom stereocenters. The first-order chi connectivity index (χ1) is 8.70. The molecule has 1 heterocycles. The van der Waals surface area contributed by atoms with Crippen molar-refractivity contribution in [1.82, 2.24) is 20.1 Å². The smallest absolute Gasteiger partial charge is 0.138 e. The molecule has 96 valence electrons. The number of benzene rings is 1. The lowest BCUT2D eigenvalue weighted by atomic mass is 9.94. The molecule has 2 rings (SSSR count). The Morgan fingerprint density at radius 3 is 2.83 bits per heavy atom. The van der Waals surface area contributed by atoms with Gasteiger partial charge in [0.05, 0.1) is 0 Å². The molecular weight excluding hydrogens is 224 g/mol. The van der Waals surface area contributed by atoms with Crippen molar-refractivity contribution in [2.75, 3.05) is 13.6 Å². The number of nitrogens with one attached hydrogen (secondary N) is 1.